The lowest BCUT2D eigenvalue weighted by atomic mass is 9.96. The summed E-state index contributed by atoms with van der Waals surface area (Å²) in [7, 11) is 0. The lowest BCUT2D eigenvalue weighted by molar-refractivity contribution is 0.0944. The van der Waals surface area contributed by atoms with E-state index >= 15 is 0 Å². The highest BCUT2D eigenvalue weighted by Gasteiger charge is 2.19. The third-order valence-corrected chi connectivity index (χ3v) is 3.25. The molecule has 0 aromatic heterocycles. The van der Waals surface area contributed by atoms with Crippen molar-refractivity contribution >= 4 is 17.5 Å². The number of carbonyl (C=O) groups is 1. The number of aliphatic hydroxyl groups excluding tert-OH is 1. The number of hydrogen-bond acceptors (Lipinski definition) is 3. The van der Waals surface area contributed by atoms with Gasteiger partial charge < -0.3 is 15.2 Å². The zero-order valence-electron chi connectivity index (χ0n) is 9.99. The molecule has 4 nitrogen and oxygen atoms in total. The van der Waals surface area contributed by atoms with Gasteiger partial charge in [0, 0.05) is 6.54 Å². The summed E-state index contributed by atoms with van der Waals surface area (Å²) < 4.78 is 5.69. The first kappa shape index (κ1) is 13.2. The highest BCUT2D eigenvalue weighted by molar-refractivity contribution is 6.34. The van der Waals surface area contributed by atoms with Crippen LogP contribution in [0.15, 0.2) is 18.2 Å². The maximum atomic E-state index is 11.7. The lowest BCUT2D eigenvalue weighted by Gasteiger charge is -2.26. The minimum atomic E-state index is -0.288. The van der Waals surface area contributed by atoms with Gasteiger partial charge in [-0.3, -0.25) is 4.79 Å². The number of benzene rings is 1. The van der Waals surface area contributed by atoms with Crippen LogP contribution >= 0.6 is 11.6 Å². The van der Waals surface area contributed by atoms with Crippen LogP contribution in [-0.4, -0.2) is 30.3 Å². The van der Waals surface area contributed by atoms with Gasteiger partial charge in [-0.15, -0.1) is 0 Å². The molecule has 1 amide bonds. The monoisotopic (exact) mass is 269 g/mol. The standard InChI is InChI=1S/C13H16ClNO3/c14-12-8-10(18-9-2-1-3-9)4-5-11(12)13(17)15-6-7-16/h4-5,8-9,16H,1-3,6-7H2,(H,15,17). The number of aliphatic hydroxyl groups is 1. The molecule has 1 fully saturated rings. The Morgan fingerprint density at radius 2 is 2.28 bits per heavy atom. The molecule has 0 radical (unpaired) electrons. The van der Waals surface area contributed by atoms with E-state index in [-0.39, 0.29) is 25.2 Å². The average molecular weight is 270 g/mol. The fourth-order valence-corrected chi connectivity index (χ4v) is 1.96. The molecule has 0 saturated heterocycles. The number of ether oxygens (including phenoxy) is 1. The quantitative estimate of drug-likeness (QED) is 0.859. The molecular weight excluding hydrogens is 254 g/mol. The summed E-state index contributed by atoms with van der Waals surface area (Å²) in [6.45, 7) is 0.127. The van der Waals surface area contributed by atoms with Crippen LogP contribution in [0.2, 0.25) is 5.02 Å². The first-order chi connectivity index (χ1) is 8.70. The highest BCUT2D eigenvalue weighted by atomic mass is 35.5. The van der Waals surface area contributed by atoms with Crippen LogP contribution in [0, 0.1) is 0 Å². The summed E-state index contributed by atoms with van der Waals surface area (Å²) in [6, 6.07) is 5.05. The summed E-state index contributed by atoms with van der Waals surface area (Å²) in [5, 5.41) is 11.6. The van der Waals surface area contributed by atoms with Gasteiger partial charge in [-0.1, -0.05) is 11.6 Å². The number of amides is 1. The van der Waals surface area contributed by atoms with Crippen molar-refractivity contribution in [2.45, 2.75) is 25.4 Å². The van der Waals surface area contributed by atoms with E-state index in [0.717, 1.165) is 12.8 Å². The summed E-state index contributed by atoms with van der Waals surface area (Å²) in [6.07, 6.45) is 3.65. The van der Waals surface area contributed by atoms with Crippen molar-refractivity contribution < 1.29 is 14.6 Å². The lowest BCUT2D eigenvalue weighted by Crippen LogP contribution is -2.27. The Balaban J connectivity index is 2.01. The van der Waals surface area contributed by atoms with Crippen LogP contribution in [-0.2, 0) is 0 Å². The Kier molecular flexibility index (Phi) is 4.44. The largest absolute Gasteiger partial charge is 0.490 e. The molecule has 1 saturated carbocycles. The first-order valence-electron chi connectivity index (χ1n) is 6.06. The molecule has 0 atom stereocenters. The maximum Gasteiger partial charge on any atom is 0.252 e. The number of carbonyl (C=O) groups excluding carboxylic acids is 1. The Labute approximate surface area is 111 Å². The Morgan fingerprint density at radius 3 is 2.83 bits per heavy atom. The third-order valence-electron chi connectivity index (χ3n) is 2.94. The number of rotatable bonds is 5. The van der Waals surface area contributed by atoms with Gasteiger partial charge in [-0.25, -0.2) is 0 Å². The molecule has 1 aromatic carbocycles. The van der Waals surface area contributed by atoms with Crippen LogP contribution < -0.4 is 10.1 Å². The van der Waals surface area contributed by atoms with E-state index in [4.69, 9.17) is 21.4 Å². The van der Waals surface area contributed by atoms with Crippen molar-refractivity contribution in [3.8, 4) is 5.75 Å². The van der Waals surface area contributed by atoms with Crippen LogP contribution in [0.25, 0.3) is 0 Å². The fourth-order valence-electron chi connectivity index (χ4n) is 1.70. The van der Waals surface area contributed by atoms with Crippen molar-refractivity contribution in [1.82, 2.24) is 5.32 Å². The molecule has 98 valence electrons. The second-order valence-electron chi connectivity index (χ2n) is 4.29. The molecule has 0 spiro atoms. The van der Waals surface area contributed by atoms with E-state index in [2.05, 4.69) is 5.32 Å². The van der Waals surface area contributed by atoms with Gasteiger partial charge >= 0.3 is 0 Å². The van der Waals surface area contributed by atoms with Gasteiger partial charge in [-0.2, -0.15) is 0 Å². The normalized spacial score (nSPS) is 15.0. The molecule has 5 heteroatoms. The van der Waals surface area contributed by atoms with Crippen molar-refractivity contribution in [3.05, 3.63) is 28.8 Å². The molecule has 2 N–H and O–H groups in total. The smallest absolute Gasteiger partial charge is 0.252 e. The molecule has 0 heterocycles. The van der Waals surface area contributed by atoms with Gasteiger partial charge in [0.1, 0.15) is 5.75 Å². The molecule has 18 heavy (non-hydrogen) atoms. The second-order valence-corrected chi connectivity index (χ2v) is 4.70. The van der Waals surface area contributed by atoms with Crippen LogP contribution in [0.3, 0.4) is 0 Å². The highest BCUT2D eigenvalue weighted by Crippen LogP contribution is 2.28. The summed E-state index contributed by atoms with van der Waals surface area (Å²) >= 11 is 6.04. The Hall–Kier alpha value is -1.26. The first-order valence-corrected chi connectivity index (χ1v) is 6.44. The minimum absolute atomic E-state index is 0.0910. The van der Waals surface area contributed by atoms with Crippen molar-refractivity contribution in [3.63, 3.8) is 0 Å². The second kappa shape index (κ2) is 6.07. The topological polar surface area (TPSA) is 58.6 Å². The van der Waals surface area contributed by atoms with Crippen LogP contribution in [0.1, 0.15) is 29.6 Å². The Morgan fingerprint density at radius 1 is 1.50 bits per heavy atom. The van der Waals surface area contributed by atoms with E-state index in [1.54, 1.807) is 18.2 Å². The van der Waals surface area contributed by atoms with E-state index in [1.807, 2.05) is 0 Å². The number of nitrogens with one attached hydrogen (secondary N) is 1. The van der Waals surface area contributed by atoms with Gasteiger partial charge in [-0.05, 0) is 37.5 Å². The summed E-state index contributed by atoms with van der Waals surface area (Å²) in [4.78, 5) is 11.7. The van der Waals surface area contributed by atoms with E-state index in [0.29, 0.717) is 16.3 Å². The van der Waals surface area contributed by atoms with Gasteiger partial charge in [0.15, 0.2) is 0 Å². The summed E-state index contributed by atoms with van der Waals surface area (Å²) in [5.74, 6) is 0.410. The van der Waals surface area contributed by atoms with E-state index in [9.17, 15) is 4.79 Å². The molecule has 1 aromatic rings. The predicted octanol–water partition coefficient (Wildman–Crippen LogP) is 1.99. The minimum Gasteiger partial charge on any atom is -0.490 e. The average Bonchev–Trinajstić information content (AvgIpc) is 2.31. The molecule has 0 aliphatic heterocycles. The number of hydrogen-bond donors (Lipinski definition) is 2. The van der Waals surface area contributed by atoms with Crippen molar-refractivity contribution in [2.75, 3.05) is 13.2 Å². The van der Waals surface area contributed by atoms with E-state index < -0.39 is 0 Å². The molecular formula is C13H16ClNO3. The van der Waals surface area contributed by atoms with Gasteiger partial charge in [0.25, 0.3) is 5.91 Å². The fraction of sp³-hybridized carbons (Fsp3) is 0.462. The maximum absolute atomic E-state index is 11.7. The van der Waals surface area contributed by atoms with Crippen molar-refractivity contribution in [1.29, 1.82) is 0 Å². The summed E-state index contributed by atoms with van der Waals surface area (Å²) in [5.41, 5.74) is 0.395. The predicted molar refractivity (Wildman–Crippen MR) is 69.1 cm³/mol. The zero-order chi connectivity index (χ0) is 13.0. The van der Waals surface area contributed by atoms with Crippen LogP contribution in [0.4, 0.5) is 0 Å². The van der Waals surface area contributed by atoms with Gasteiger partial charge in [0.05, 0.1) is 23.3 Å². The Bertz CT molecular complexity index is 432. The molecule has 0 unspecified atom stereocenters. The van der Waals surface area contributed by atoms with E-state index in [1.165, 1.54) is 6.42 Å². The SMILES string of the molecule is O=C(NCCO)c1ccc(OC2CCC2)cc1Cl. The van der Waals surface area contributed by atoms with Gasteiger partial charge in [0.2, 0.25) is 0 Å². The third kappa shape index (κ3) is 3.15. The number of halogens is 1. The van der Waals surface area contributed by atoms with Crippen molar-refractivity contribution in [2.24, 2.45) is 0 Å². The molecule has 1 aliphatic carbocycles. The molecule has 2 rings (SSSR count). The zero-order valence-corrected chi connectivity index (χ0v) is 10.7. The molecule has 1 aliphatic rings. The van der Waals surface area contributed by atoms with Crippen LogP contribution in [0.5, 0.6) is 5.75 Å². The molecule has 0 bridgehead atoms.